The van der Waals surface area contributed by atoms with Crippen LogP contribution < -0.4 is 10.1 Å². The van der Waals surface area contributed by atoms with Gasteiger partial charge in [0.2, 0.25) is 0 Å². The van der Waals surface area contributed by atoms with Crippen molar-refractivity contribution in [1.29, 1.82) is 0 Å². The Balaban J connectivity index is 1.98. The number of esters is 1. The maximum Gasteiger partial charge on any atom is 0.350 e. The summed E-state index contributed by atoms with van der Waals surface area (Å²) in [5.74, 6) is -1.44. The Labute approximate surface area is 166 Å². The van der Waals surface area contributed by atoms with Crippen LogP contribution in [0.5, 0.6) is 5.75 Å². The number of nitrogens with one attached hydrogen (secondary N) is 1. The van der Waals surface area contributed by atoms with Crippen LogP contribution in [0.1, 0.15) is 20.8 Å². The van der Waals surface area contributed by atoms with E-state index in [0.29, 0.717) is 10.8 Å². The third-order valence-electron chi connectivity index (χ3n) is 3.52. The van der Waals surface area contributed by atoms with E-state index in [9.17, 15) is 14.0 Å². The third kappa shape index (κ3) is 5.84. The van der Waals surface area contributed by atoms with E-state index in [0.717, 1.165) is 12.1 Å². The lowest BCUT2D eigenvalue weighted by Crippen LogP contribution is -2.43. The number of anilines is 1. The molecule has 0 aliphatic carbocycles. The minimum atomic E-state index is -1.34. The predicted octanol–water partition coefficient (Wildman–Crippen LogP) is 4.86. The molecule has 0 heterocycles. The van der Waals surface area contributed by atoms with Crippen LogP contribution in [0.3, 0.4) is 0 Å². The number of halogens is 3. The topological polar surface area (TPSA) is 64.6 Å². The summed E-state index contributed by atoms with van der Waals surface area (Å²) in [5, 5.41) is 3.05. The lowest BCUT2D eigenvalue weighted by atomic mass is 10.1. The molecular formula is C19H18Cl2FNO4. The molecular weight excluding hydrogens is 396 g/mol. The van der Waals surface area contributed by atoms with E-state index in [1.54, 1.807) is 24.3 Å². The number of amides is 1. The van der Waals surface area contributed by atoms with Gasteiger partial charge in [-0.05, 0) is 63.2 Å². The first kappa shape index (κ1) is 21.0. The molecule has 0 radical (unpaired) electrons. The molecule has 1 atom stereocenters. The van der Waals surface area contributed by atoms with E-state index >= 15 is 0 Å². The Morgan fingerprint density at radius 1 is 1.11 bits per heavy atom. The van der Waals surface area contributed by atoms with Gasteiger partial charge >= 0.3 is 5.97 Å². The fraction of sp³-hybridized carbons (Fsp3) is 0.263. The fourth-order valence-electron chi connectivity index (χ4n) is 2.02. The number of rotatable bonds is 6. The van der Waals surface area contributed by atoms with Gasteiger partial charge in [-0.1, -0.05) is 23.2 Å². The van der Waals surface area contributed by atoms with E-state index in [-0.39, 0.29) is 10.7 Å². The van der Waals surface area contributed by atoms with Gasteiger partial charge in [0.25, 0.3) is 5.91 Å². The Morgan fingerprint density at radius 3 is 2.33 bits per heavy atom. The Bertz CT molecular complexity index is 840. The average molecular weight is 414 g/mol. The Morgan fingerprint density at radius 2 is 1.74 bits per heavy atom. The summed E-state index contributed by atoms with van der Waals surface area (Å²) in [6.07, 6.45) is -1.12. The highest BCUT2D eigenvalue weighted by molar-refractivity contribution is 6.33. The first-order valence-corrected chi connectivity index (χ1v) is 8.75. The van der Waals surface area contributed by atoms with E-state index in [1.165, 1.54) is 26.8 Å². The van der Waals surface area contributed by atoms with Crippen molar-refractivity contribution < 1.29 is 23.5 Å². The van der Waals surface area contributed by atoms with Gasteiger partial charge in [0.1, 0.15) is 11.6 Å². The highest BCUT2D eigenvalue weighted by atomic mass is 35.5. The molecule has 2 rings (SSSR count). The molecule has 1 N–H and O–H groups in total. The van der Waals surface area contributed by atoms with E-state index in [1.807, 2.05) is 0 Å². The molecule has 2 aromatic rings. The molecule has 0 aromatic heterocycles. The maximum atomic E-state index is 13.1. The average Bonchev–Trinajstić information content (AvgIpc) is 2.59. The predicted molar refractivity (Wildman–Crippen MR) is 102 cm³/mol. The van der Waals surface area contributed by atoms with Gasteiger partial charge in [-0.25, -0.2) is 9.18 Å². The number of carbonyl (C=O) groups excluding carboxylic acids is 2. The molecule has 144 valence electrons. The smallest absolute Gasteiger partial charge is 0.350 e. The van der Waals surface area contributed by atoms with Crippen LogP contribution in [-0.4, -0.2) is 23.6 Å². The molecule has 0 saturated carbocycles. The van der Waals surface area contributed by atoms with Crippen molar-refractivity contribution in [2.75, 3.05) is 5.32 Å². The molecule has 5 nitrogen and oxygen atoms in total. The summed E-state index contributed by atoms with van der Waals surface area (Å²) >= 11 is 11.7. The van der Waals surface area contributed by atoms with Crippen molar-refractivity contribution in [3.05, 3.63) is 58.3 Å². The van der Waals surface area contributed by atoms with Crippen molar-refractivity contribution in [1.82, 2.24) is 0 Å². The number of ether oxygens (including phenoxy) is 2. The Kier molecular flexibility index (Phi) is 6.68. The van der Waals surface area contributed by atoms with Crippen LogP contribution in [-0.2, 0) is 14.3 Å². The zero-order valence-corrected chi connectivity index (χ0v) is 16.4. The quantitative estimate of drug-likeness (QED) is 0.686. The van der Waals surface area contributed by atoms with Gasteiger partial charge in [-0.3, -0.25) is 4.79 Å². The van der Waals surface area contributed by atoms with Crippen LogP contribution >= 0.6 is 23.2 Å². The number of hydrogen-bond donors (Lipinski definition) is 1. The summed E-state index contributed by atoms with van der Waals surface area (Å²) in [5.41, 5.74) is -1.13. The number of benzene rings is 2. The van der Waals surface area contributed by atoms with Crippen LogP contribution in [0.2, 0.25) is 10.0 Å². The maximum absolute atomic E-state index is 13.1. The van der Waals surface area contributed by atoms with E-state index in [4.69, 9.17) is 32.7 Å². The lowest BCUT2D eigenvalue weighted by molar-refractivity contribution is -0.166. The van der Waals surface area contributed by atoms with Crippen molar-refractivity contribution in [3.8, 4) is 5.75 Å². The molecule has 8 heteroatoms. The summed E-state index contributed by atoms with van der Waals surface area (Å²) in [7, 11) is 0. The number of carbonyl (C=O) groups is 2. The highest BCUT2D eigenvalue weighted by Gasteiger charge is 2.34. The standard InChI is InChI=1S/C19H18Cl2FNO4/c1-11(17(24)23-16-9-6-13(22)10-15(16)21)26-18(25)19(2,3)27-14-7-4-12(20)5-8-14/h4-11H,1-3H3,(H,23,24)/t11-/m1/s1. The van der Waals surface area contributed by atoms with Gasteiger partial charge < -0.3 is 14.8 Å². The van der Waals surface area contributed by atoms with Gasteiger partial charge in [0.05, 0.1) is 10.7 Å². The largest absolute Gasteiger partial charge is 0.476 e. The van der Waals surface area contributed by atoms with Crippen molar-refractivity contribution in [2.24, 2.45) is 0 Å². The summed E-state index contributed by atoms with van der Waals surface area (Å²) in [6, 6.07) is 10.0. The SMILES string of the molecule is C[C@@H](OC(=O)C(C)(C)Oc1ccc(Cl)cc1)C(=O)Nc1ccc(F)cc1Cl. The third-order valence-corrected chi connectivity index (χ3v) is 4.08. The second kappa shape index (κ2) is 8.59. The highest BCUT2D eigenvalue weighted by Crippen LogP contribution is 2.24. The first-order valence-electron chi connectivity index (χ1n) is 8.00. The second-order valence-corrected chi connectivity index (χ2v) is 7.07. The van der Waals surface area contributed by atoms with Crippen LogP contribution in [0.4, 0.5) is 10.1 Å². The van der Waals surface area contributed by atoms with Gasteiger partial charge in [-0.2, -0.15) is 0 Å². The van der Waals surface area contributed by atoms with Crippen LogP contribution in [0, 0.1) is 5.82 Å². The Hall–Kier alpha value is -2.31. The molecule has 1 amide bonds. The monoisotopic (exact) mass is 413 g/mol. The minimum Gasteiger partial charge on any atom is -0.476 e. The zero-order valence-electron chi connectivity index (χ0n) is 14.9. The van der Waals surface area contributed by atoms with Gasteiger partial charge in [0, 0.05) is 5.02 Å². The van der Waals surface area contributed by atoms with E-state index < -0.39 is 29.4 Å². The van der Waals surface area contributed by atoms with Crippen LogP contribution in [0.25, 0.3) is 0 Å². The zero-order chi connectivity index (χ0) is 20.2. The molecule has 0 aliphatic heterocycles. The first-order chi connectivity index (χ1) is 12.6. The van der Waals surface area contributed by atoms with E-state index in [2.05, 4.69) is 5.32 Å². The normalized spacial score (nSPS) is 12.2. The van der Waals surface area contributed by atoms with Crippen LogP contribution in [0.15, 0.2) is 42.5 Å². The molecule has 0 spiro atoms. The van der Waals surface area contributed by atoms with Crippen molar-refractivity contribution >= 4 is 40.8 Å². The lowest BCUT2D eigenvalue weighted by Gasteiger charge is -2.26. The van der Waals surface area contributed by atoms with Gasteiger partial charge in [-0.15, -0.1) is 0 Å². The molecule has 0 fully saturated rings. The molecule has 0 unspecified atom stereocenters. The van der Waals surface area contributed by atoms with Crippen molar-refractivity contribution in [2.45, 2.75) is 32.5 Å². The fourth-order valence-corrected chi connectivity index (χ4v) is 2.36. The molecule has 0 bridgehead atoms. The summed E-state index contributed by atoms with van der Waals surface area (Å²) in [6.45, 7) is 4.44. The number of hydrogen-bond acceptors (Lipinski definition) is 4. The van der Waals surface area contributed by atoms with Gasteiger partial charge in [0.15, 0.2) is 11.7 Å². The molecule has 0 aliphatic rings. The molecule has 2 aromatic carbocycles. The van der Waals surface area contributed by atoms with Crippen molar-refractivity contribution in [3.63, 3.8) is 0 Å². The second-order valence-electron chi connectivity index (χ2n) is 6.23. The summed E-state index contributed by atoms with van der Waals surface area (Å²) < 4.78 is 23.9. The summed E-state index contributed by atoms with van der Waals surface area (Å²) in [4.78, 5) is 24.6. The molecule has 27 heavy (non-hydrogen) atoms. The minimum absolute atomic E-state index is 0.0354. The molecule has 0 saturated heterocycles.